The summed E-state index contributed by atoms with van der Waals surface area (Å²) in [7, 11) is 0. The van der Waals surface area contributed by atoms with Crippen molar-refractivity contribution in [2.24, 2.45) is 0 Å². The van der Waals surface area contributed by atoms with E-state index in [-0.39, 0.29) is 25.9 Å². The van der Waals surface area contributed by atoms with Gasteiger partial charge in [0.05, 0.1) is 19.8 Å². The molecule has 1 rings (SSSR count). The lowest BCUT2D eigenvalue weighted by Gasteiger charge is -2.24. The van der Waals surface area contributed by atoms with Crippen molar-refractivity contribution in [2.75, 3.05) is 26.4 Å². The van der Waals surface area contributed by atoms with Crippen molar-refractivity contribution in [1.29, 1.82) is 0 Å². The summed E-state index contributed by atoms with van der Waals surface area (Å²) in [5, 5.41) is 18.9. The van der Waals surface area contributed by atoms with E-state index < -0.39 is 11.8 Å². The van der Waals surface area contributed by atoms with Gasteiger partial charge in [-0.2, -0.15) is 0 Å². The first-order chi connectivity index (χ1) is 13.5. The van der Waals surface area contributed by atoms with Gasteiger partial charge < -0.3 is 24.4 Å². The quantitative estimate of drug-likeness (QED) is 0.220. The summed E-state index contributed by atoms with van der Waals surface area (Å²) in [6, 6.07) is 0. The van der Waals surface area contributed by atoms with E-state index in [1.165, 1.54) is 51.4 Å². The number of unbranched alkanes of at least 4 members (excludes halogenated alkanes) is 9. The molecule has 1 heterocycles. The van der Waals surface area contributed by atoms with Crippen LogP contribution in [0.15, 0.2) is 12.7 Å². The predicted molar refractivity (Wildman–Crippen MR) is 111 cm³/mol. The van der Waals surface area contributed by atoms with E-state index in [0.29, 0.717) is 13.0 Å². The fourth-order valence-corrected chi connectivity index (χ4v) is 2.88. The first-order valence-electron chi connectivity index (χ1n) is 10.9. The van der Waals surface area contributed by atoms with E-state index in [0.717, 1.165) is 12.8 Å². The Morgan fingerprint density at radius 1 is 1.14 bits per heavy atom. The number of ether oxygens (including phenoxy) is 3. The molecule has 0 aromatic carbocycles. The maximum absolute atomic E-state index is 10.2. The zero-order valence-corrected chi connectivity index (χ0v) is 18.0. The third-order valence-corrected chi connectivity index (χ3v) is 4.66. The van der Waals surface area contributed by atoms with E-state index in [1.807, 2.05) is 0 Å². The standard InChI is InChI=1S/C18H36O3.C4H6O3/c1-3-5-6-7-8-9-10-11-12-13-14-18(20,4-2)17-21-16-15-19;1-3-2-6-4(5)7-3/h4,19-20H,2-3,5-17H2,1H3;3H,2H2,1H3. The first-order valence-corrected chi connectivity index (χ1v) is 10.9. The number of carbonyl (C=O) groups excluding carboxylic acids is 1. The van der Waals surface area contributed by atoms with Crippen molar-refractivity contribution in [3.63, 3.8) is 0 Å². The zero-order chi connectivity index (χ0) is 21.1. The molecule has 0 amide bonds. The Kier molecular flexibility index (Phi) is 17.2. The highest BCUT2D eigenvalue weighted by Gasteiger charge is 2.22. The molecule has 1 aliphatic rings. The number of aliphatic hydroxyl groups excluding tert-OH is 1. The van der Waals surface area contributed by atoms with Gasteiger partial charge in [0.2, 0.25) is 0 Å². The van der Waals surface area contributed by atoms with Crippen molar-refractivity contribution < 1.29 is 29.2 Å². The molecule has 0 bridgehead atoms. The molecule has 2 unspecified atom stereocenters. The van der Waals surface area contributed by atoms with Gasteiger partial charge in [-0.3, -0.25) is 0 Å². The van der Waals surface area contributed by atoms with Gasteiger partial charge in [-0.25, -0.2) is 4.79 Å². The topological polar surface area (TPSA) is 85.2 Å². The third kappa shape index (κ3) is 15.9. The van der Waals surface area contributed by atoms with Crippen LogP contribution in [0.2, 0.25) is 0 Å². The van der Waals surface area contributed by atoms with Gasteiger partial charge in [0.25, 0.3) is 0 Å². The van der Waals surface area contributed by atoms with Crippen molar-refractivity contribution in [3.05, 3.63) is 12.7 Å². The van der Waals surface area contributed by atoms with Crippen LogP contribution in [-0.4, -0.2) is 54.5 Å². The van der Waals surface area contributed by atoms with Crippen LogP contribution in [-0.2, 0) is 14.2 Å². The van der Waals surface area contributed by atoms with E-state index in [9.17, 15) is 9.90 Å². The minimum absolute atomic E-state index is 0.00845. The minimum atomic E-state index is -0.935. The molecular formula is C22H42O6. The molecule has 6 heteroatoms. The Hall–Kier alpha value is -1.11. The Labute approximate surface area is 171 Å². The molecule has 1 fully saturated rings. The van der Waals surface area contributed by atoms with Crippen LogP contribution >= 0.6 is 0 Å². The number of carbonyl (C=O) groups is 1. The lowest BCUT2D eigenvalue weighted by molar-refractivity contribution is -0.0278. The van der Waals surface area contributed by atoms with Crippen molar-refractivity contribution in [3.8, 4) is 0 Å². The summed E-state index contributed by atoms with van der Waals surface area (Å²) >= 11 is 0. The molecule has 166 valence electrons. The lowest BCUT2D eigenvalue weighted by Crippen LogP contribution is -2.32. The van der Waals surface area contributed by atoms with Gasteiger partial charge in [0.15, 0.2) is 0 Å². The zero-order valence-electron chi connectivity index (χ0n) is 18.0. The normalized spacial score (nSPS) is 17.9. The Morgan fingerprint density at radius 3 is 2.11 bits per heavy atom. The third-order valence-electron chi connectivity index (χ3n) is 4.66. The van der Waals surface area contributed by atoms with Crippen molar-refractivity contribution in [1.82, 2.24) is 0 Å². The van der Waals surface area contributed by atoms with Crippen molar-refractivity contribution in [2.45, 2.75) is 96.2 Å². The fourth-order valence-electron chi connectivity index (χ4n) is 2.88. The highest BCUT2D eigenvalue weighted by Crippen LogP contribution is 2.18. The fraction of sp³-hybridized carbons (Fsp3) is 0.864. The molecule has 1 saturated heterocycles. The number of rotatable bonds is 16. The summed E-state index contributed by atoms with van der Waals surface area (Å²) in [5.74, 6) is 0. The SMILES string of the molecule is C=CC(O)(CCCCCCCCCCCC)COCCO.CC1COC(=O)O1. The molecule has 0 spiro atoms. The van der Waals surface area contributed by atoms with Crippen LogP contribution in [0.1, 0.15) is 84.5 Å². The number of hydrogen-bond acceptors (Lipinski definition) is 6. The summed E-state index contributed by atoms with van der Waals surface area (Å²) in [6.45, 7) is 8.61. The predicted octanol–water partition coefficient (Wildman–Crippen LogP) is 4.77. The lowest BCUT2D eigenvalue weighted by atomic mass is 9.96. The van der Waals surface area contributed by atoms with Gasteiger partial charge in [-0.15, -0.1) is 6.58 Å². The number of hydrogen-bond donors (Lipinski definition) is 2. The second-order valence-electron chi connectivity index (χ2n) is 7.51. The Morgan fingerprint density at radius 2 is 1.71 bits per heavy atom. The maximum Gasteiger partial charge on any atom is 0.508 e. The second-order valence-corrected chi connectivity index (χ2v) is 7.51. The summed E-state index contributed by atoms with van der Waals surface area (Å²) < 4.78 is 14.1. The molecule has 1 aliphatic heterocycles. The average molecular weight is 403 g/mol. The minimum Gasteiger partial charge on any atom is -0.430 e. The molecule has 2 N–H and O–H groups in total. The molecular weight excluding hydrogens is 360 g/mol. The second kappa shape index (κ2) is 18.0. The summed E-state index contributed by atoms with van der Waals surface area (Å²) in [5.41, 5.74) is -0.935. The van der Waals surface area contributed by atoms with E-state index in [2.05, 4.69) is 23.0 Å². The largest absolute Gasteiger partial charge is 0.508 e. The Bertz CT molecular complexity index is 387. The highest BCUT2D eigenvalue weighted by molar-refractivity contribution is 5.61. The van der Waals surface area contributed by atoms with Crippen LogP contribution in [0.3, 0.4) is 0 Å². The van der Waals surface area contributed by atoms with E-state index in [1.54, 1.807) is 13.0 Å². The van der Waals surface area contributed by atoms with Crippen LogP contribution < -0.4 is 0 Å². The molecule has 6 nitrogen and oxygen atoms in total. The van der Waals surface area contributed by atoms with Crippen LogP contribution in [0, 0.1) is 0 Å². The molecule has 0 aromatic rings. The molecule has 0 saturated carbocycles. The van der Waals surface area contributed by atoms with Gasteiger partial charge in [0.1, 0.15) is 18.3 Å². The number of aliphatic hydroxyl groups is 2. The first kappa shape index (κ1) is 26.9. The molecule has 0 radical (unpaired) electrons. The van der Waals surface area contributed by atoms with Gasteiger partial charge >= 0.3 is 6.16 Å². The van der Waals surface area contributed by atoms with Crippen LogP contribution in [0.5, 0.6) is 0 Å². The molecule has 0 aliphatic carbocycles. The molecule has 0 aromatic heterocycles. The molecule has 2 atom stereocenters. The Balaban J connectivity index is 0.000000861. The average Bonchev–Trinajstić information content (AvgIpc) is 3.07. The summed E-state index contributed by atoms with van der Waals surface area (Å²) in [4.78, 5) is 10.0. The van der Waals surface area contributed by atoms with E-state index in [4.69, 9.17) is 9.84 Å². The maximum atomic E-state index is 10.2. The highest BCUT2D eigenvalue weighted by atomic mass is 16.8. The molecule has 28 heavy (non-hydrogen) atoms. The monoisotopic (exact) mass is 402 g/mol. The van der Waals surface area contributed by atoms with Crippen LogP contribution in [0.4, 0.5) is 4.79 Å². The van der Waals surface area contributed by atoms with Gasteiger partial charge in [0, 0.05) is 0 Å². The number of cyclic esters (lactones) is 2. The smallest absolute Gasteiger partial charge is 0.430 e. The van der Waals surface area contributed by atoms with Gasteiger partial charge in [-0.05, 0) is 13.3 Å². The van der Waals surface area contributed by atoms with Crippen LogP contribution in [0.25, 0.3) is 0 Å². The van der Waals surface area contributed by atoms with E-state index >= 15 is 0 Å². The van der Waals surface area contributed by atoms with Crippen molar-refractivity contribution >= 4 is 6.16 Å². The van der Waals surface area contributed by atoms with Gasteiger partial charge in [-0.1, -0.05) is 77.2 Å². The summed E-state index contributed by atoms with van der Waals surface area (Å²) in [6.07, 6.45) is 14.5.